The fourth-order valence-corrected chi connectivity index (χ4v) is 1.05. The van der Waals surface area contributed by atoms with Crippen molar-refractivity contribution >= 4 is 5.97 Å². The van der Waals surface area contributed by atoms with Gasteiger partial charge in [-0.1, -0.05) is 40.0 Å². The minimum absolute atomic E-state index is 0.143. The maximum Gasteiger partial charge on any atom is 0.319 e. The molecule has 0 saturated heterocycles. The Kier molecular flexibility index (Phi) is 8.64. The van der Waals surface area contributed by atoms with Gasteiger partial charge in [-0.25, -0.2) is 0 Å². The summed E-state index contributed by atoms with van der Waals surface area (Å²) in [7, 11) is 0. The van der Waals surface area contributed by atoms with Gasteiger partial charge in [-0.2, -0.15) is 0 Å². The van der Waals surface area contributed by atoms with Crippen LogP contribution in [0.4, 0.5) is 0 Å². The highest BCUT2D eigenvalue weighted by molar-refractivity contribution is 5.71. The monoisotopic (exact) mass is 201 g/mol. The first-order valence-electron chi connectivity index (χ1n) is 5.55. The smallest absolute Gasteiger partial charge is 0.319 e. The Bertz CT molecular complexity index is 146. The average Bonchev–Trinajstić information content (AvgIpc) is 2.14. The lowest BCUT2D eigenvalue weighted by Crippen LogP contribution is -2.30. The molecule has 0 radical (unpaired) electrons. The van der Waals surface area contributed by atoms with Crippen LogP contribution in [0.25, 0.3) is 0 Å². The second-order valence-electron chi connectivity index (χ2n) is 3.82. The van der Waals surface area contributed by atoms with Crippen molar-refractivity contribution in [3.8, 4) is 0 Å². The molecule has 0 spiro atoms. The quantitative estimate of drug-likeness (QED) is 0.483. The van der Waals surface area contributed by atoms with Crippen LogP contribution in [-0.2, 0) is 9.53 Å². The Morgan fingerprint density at radius 3 is 2.57 bits per heavy atom. The number of esters is 1. The molecule has 0 aliphatic rings. The molecular formula is C11H23NO2. The molecule has 3 heteroatoms. The van der Waals surface area contributed by atoms with E-state index in [0.29, 0.717) is 19.2 Å². The first-order chi connectivity index (χ1) is 6.66. The maximum absolute atomic E-state index is 11.1. The maximum atomic E-state index is 11.1. The molecule has 0 atom stereocenters. The van der Waals surface area contributed by atoms with Gasteiger partial charge in [0.15, 0.2) is 0 Å². The van der Waals surface area contributed by atoms with Gasteiger partial charge in [0.2, 0.25) is 0 Å². The number of nitrogens with one attached hydrogen (secondary N) is 1. The Labute approximate surface area is 87.2 Å². The van der Waals surface area contributed by atoms with Crippen LogP contribution in [0.3, 0.4) is 0 Å². The second kappa shape index (κ2) is 9.00. The topological polar surface area (TPSA) is 38.3 Å². The number of rotatable bonds is 8. The normalized spacial score (nSPS) is 10.6. The summed E-state index contributed by atoms with van der Waals surface area (Å²) in [4.78, 5) is 11.1. The molecule has 0 aliphatic carbocycles. The van der Waals surface area contributed by atoms with E-state index < -0.39 is 0 Å². The molecule has 84 valence electrons. The van der Waals surface area contributed by atoms with Crippen LogP contribution >= 0.6 is 0 Å². The Balaban J connectivity index is 3.18. The van der Waals surface area contributed by atoms with E-state index in [1.165, 1.54) is 12.8 Å². The molecule has 0 rings (SSSR count). The summed E-state index contributed by atoms with van der Waals surface area (Å²) in [6, 6.07) is 0.336. The number of carbonyl (C=O) groups is 1. The molecule has 0 fully saturated rings. The molecule has 0 heterocycles. The molecule has 0 amide bonds. The molecular weight excluding hydrogens is 178 g/mol. The summed E-state index contributed by atoms with van der Waals surface area (Å²) in [5.41, 5.74) is 0. The van der Waals surface area contributed by atoms with Gasteiger partial charge >= 0.3 is 5.97 Å². The van der Waals surface area contributed by atoms with E-state index in [-0.39, 0.29) is 5.97 Å². The first kappa shape index (κ1) is 13.4. The van der Waals surface area contributed by atoms with Gasteiger partial charge in [-0.3, -0.25) is 4.79 Å². The Hall–Kier alpha value is -0.570. The SMILES string of the molecule is CCCCCCOC(=O)CNC(C)C. The van der Waals surface area contributed by atoms with E-state index in [1.807, 2.05) is 13.8 Å². The van der Waals surface area contributed by atoms with Crippen LogP contribution in [0.2, 0.25) is 0 Å². The molecule has 0 aliphatic heterocycles. The van der Waals surface area contributed by atoms with E-state index in [4.69, 9.17) is 4.74 Å². The average molecular weight is 201 g/mol. The highest BCUT2D eigenvalue weighted by Crippen LogP contribution is 1.98. The largest absolute Gasteiger partial charge is 0.465 e. The molecule has 0 unspecified atom stereocenters. The van der Waals surface area contributed by atoms with Crippen molar-refractivity contribution in [3.05, 3.63) is 0 Å². The molecule has 0 aromatic rings. The van der Waals surface area contributed by atoms with Gasteiger partial charge in [0.1, 0.15) is 0 Å². The lowest BCUT2D eigenvalue weighted by molar-refractivity contribution is -0.142. The summed E-state index contributed by atoms with van der Waals surface area (Å²) >= 11 is 0. The summed E-state index contributed by atoms with van der Waals surface area (Å²) < 4.78 is 5.04. The fourth-order valence-electron chi connectivity index (χ4n) is 1.05. The van der Waals surface area contributed by atoms with Gasteiger partial charge in [0, 0.05) is 6.04 Å². The van der Waals surface area contributed by atoms with Crippen molar-refractivity contribution in [1.29, 1.82) is 0 Å². The third-order valence-corrected chi connectivity index (χ3v) is 1.92. The second-order valence-corrected chi connectivity index (χ2v) is 3.82. The van der Waals surface area contributed by atoms with Crippen LogP contribution in [-0.4, -0.2) is 25.2 Å². The summed E-state index contributed by atoms with van der Waals surface area (Å²) in [6.07, 6.45) is 4.58. The zero-order chi connectivity index (χ0) is 10.8. The zero-order valence-electron chi connectivity index (χ0n) is 9.64. The molecule has 3 nitrogen and oxygen atoms in total. The van der Waals surface area contributed by atoms with Crippen molar-refractivity contribution in [1.82, 2.24) is 5.32 Å². The number of hydrogen-bond acceptors (Lipinski definition) is 3. The Morgan fingerprint density at radius 1 is 1.29 bits per heavy atom. The van der Waals surface area contributed by atoms with Crippen LogP contribution in [0, 0.1) is 0 Å². The predicted molar refractivity (Wildman–Crippen MR) is 58.2 cm³/mol. The van der Waals surface area contributed by atoms with Crippen LogP contribution in [0.5, 0.6) is 0 Å². The van der Waals surface area contributed by atoms with Crippen molar-refractivity contribution in [3.63, 3.8) is 0 Å². The van der Waals surface area contributed by atoms with Crippen LogP contribution in [0.1, 0.15) is 46.5 Å². The standard InChI is InChI=1S/C11H23NO2/c1-4-5-6-7-8-14-11(13)9-12-10(2)3/h10,12H,4-9H2,1-3H3. The van der Waals surface area contributed by atoms with Crippen molar-refractivity contribution in [2.45, 2.75) is 52.5 Å². The van der Waals surface area contributed by atoms with Crippen LogP contribution < -0.4 is 5.32 Å². The lowest BCUT2D eigenvalue weighted by atomic mass is 10.2. The molecule has 0 aromatic heterocycles. The van der Waals surface area contributed by atoms with Crippen LogP contribution in [0.15, 0.2) is 0 Å². The van der Waals surface area contributed by atoms with Gasteiger partial charge in [0.05, 0.1) is 13.2 Å². The first-order valence-corrected chi connectivity index (χ1v) is 5.55. The molecule has 0 aromatic carbocycles. The van der Waals surface area contributed by atoms with E-state index in [0.717, 1.165) is 12.8 Å². The van der Waals surface area contributed by atoms with E-state index in [9.17, 15) is 4.79 Å². The third-order valence-electron chi connectivity index (χ3n) is 1.92. The predicted octanol–water partition coefficient (Wildman–Crippen LogP) is 2.11. The van der Waals surface area contributed by atoms with Crippen molar-refractivity contribution < 1.29 is 9.53 Å². The zero-order valence-corrected chi connectivity index (χ0v) is 9.64. The third kappa shape index (κ3) is 9.52. The van der Waals surface area contributed by atoms with Gasteiger partial charge < -0.3 is 10.1 Å². The molecule has 0 saturated carbocycles. The van der Waals surface area contributed by atoms with Gasteiger partial charge in [-0.15, -0.1) is 0 Å². The highest BCUT2D eigenvalue weighted by Gasteiger charge is 2.02. The molecule has 0 bridgehead atoms. The highest BCUT2D eigenvalue weighted by atomic mass is 16.5. The lowest BCUT2D eigenvalue weighted by Gasteiger charge is -2.08. The number of ether oxygens (including phenoxy) is 1. The van der Waals surface area contributed by atoms with Crippen molar-refractivity contribution in [2.75, 3.05) is 13.2 Å². The minimum Gasteiger partial charge on any atom is -0.465 e. The van der Waals surface area contributed by atoms with E-state index in [2.05, 4.69) is 12.2 Å². The Morgan fingerprint density at radius 2 is 2.00 bits per heavy atom. The van der Waals surface area contributed by atoms with E-state index in [1.54, 1.807) is 0 Å². The summed E-state index contributed by atoms with van der Waals surface area (Å²) in [5.74, 6) is -0.143. The van der Waals surface area contributed by atoms with Gasteiger partial charge in [-0.05, 0) is 6.42 Å². The summed E-state index contributed by atoms with van der Waals surface area (Å²) in [6.45, 7) is 7.08. The summed E-state index contributed by atoms with van der Waals surface area (Å²) in [5, 5.41) is 3.02. The van der Waals surface area contributed by atoms with Crippen molar-refractivity contribution in [2.24, 2.45) is 0 Å². The number of carbonyl (C=O) groups excluding carboxylic acids is 1. The fraction of sp³-hybridized carbons (Fsp3) is 0.909. The number of hydrogen-bond donors (Lipinski definition) is 1. The molecule has 14 heavy (non-hydrogen) atoms. The molecule has 1 N–H and O–H groups in total. The number of unbranched alkanes of at least 4 members (excludes halogenated alkanes) is 3. The van der Waals surface area contributed by atoms with E-state index >= 15 is 0 Å². The van der Waals surface area contributed by atoms with Gasteiger partial charge in [0.25, 0.3) is 0 Å². The minimum atomic E-state index is -0.143.